The molecular formula is C16H16N2O2S. The summed E-state index contributed by atoms with van der Waals surface area (Å²) in [5.41, 5.74) is 8.08. The number of nitrogens with two attached hydrogens (primary N) is 1. The Morgan fingerprint density at radius 2 is 1.95 bits per heavy atom. The molecule has 3 rings (SSSR count). The van der Waals surface area contributed by atoms with Crippen molar-refractivity contribution >= 4 is 28.5 Å². The number of phenolic OH excluding ortho intramolecular Hbond substituents is 1. The van der Waals surface area contributed by atoms with Crippen molar-refractivity contribution in [2.45, 2.75) is 25.7 Å². The van der Waals surface area contributed by atoms with Crippen molar-refractivity contribution in [3.63, 3.8) is 0 Å². The first-order valence-corrected chi connectivity index (χ1v) is 7.74. The highest BCUT2D eigenvalue weighted by Gasteiger charge is 2.23. The number of aliphatic imine (C=N–C) groups is 1. The minimum Gasteiger partial charge on any atom is -0.508 e. The number of primary amides is 1. The van der Waals surface area contributed by atoms with Crippen molar-refractivity contribution < 1.29 is 9.90 Å². The van der Waals surface area contributed by atoms with Gasteiger partial charge in [0.25, 0.3) is 5.91 Å². The third kappa shape index (κ3) is 2.83. The lowest BCUT2D eigenvalue weighted by molar-refractivity contribution is 0.100. The summed E-state index contributed by atoms with van der Waals surface area (Å²) in [7, 11) is 0. The Labute approximate surface area is 127 Å². The quantitative estimate of drug-likeness (QED) is 0.854. The van der Waals surface area contributed by atoms with Gasteiger partial charge >= 0.3 is 0 Å². The number of fused-ring (bicyclic) bond motifs is 1. The molecule has 1 aliphatic rings. The van der Waals surface area contributed by atoms with Gasteiger partial charge in [-0.1, -0.05) is 0 Å². The Hall–Kier alpha value is -2.14. The first kappa shape index (κ1) is 13.8. The van der Waals surface area contributed by atoms with Crippen LogP contribution in [0.4, 0.5) is 5.00 Å². The zero-order chi connectivity index (χ0) is 14.8. The average Bonchev–Trinajstić information content (AvgIpc) is 2.85. The number of amides is 1. The summed E-state index contributed by atoms with van der Waals surface area (Å²) in [6.45, 7) is 0. The third-order valence-corrected chi connectivity index (χ3v) is 4.82. The van der Waals surface area contributed by atoms with Crippen molar-refractivity contribution in [3.05, 3.63) is 45.8 Å². The molecule has 0 fully saturated rings. The Balaban J connectivity index is 1.96. The predicted octanol–water partition coefficient (Wildman–Crippen LogP) is 3.18. The van der Waals surface area contributed by atoms with Gasteiger partial charge in [-0.2, -0.15) is 0 Å². The summed E-state index contributed by atoms with van der Waals surface area (Å²) in [5.74, 6) is -0.177. The molecule has 1 aromatic carbocycles. The van der Waals surface area contributed by atoms with Crippen LogP contribution in [0.25, 0.3) is 0 Å². The molecule has 0 saturated carbocycles. The van der Waals surface area contributed by atoms with Gasteiger partial charge in [0.15, 0.2) is 0 Å². The van der Waals surface area contributed by atoms with Gasteiger partial charge in [0.2, 0.25) is 0 Å². The molecule has 1 aromatic heterocycles. The molecule has 1 amide bonds. The van der Waals surface area contributed by atoms with E-state index < -0.39 is 5.91 Å². The summed E-state index contributed by atoms with van der Waals surface area (Å²) in [6, 6.07) is 6.76. The van der Waals surface area contributed by atoms with Crippen molar-refractivity contribution in [2.24, 2.45) is 10.7 Å². The van der Waals surface area contributed by atoms with Crippen molar-refractivity contribution in [1.29, 1.82) is 0 Å². The number of hydrogen-bond acceptors (Lipinski definition) is 4. The Kier molecular flexibility index (Phi) is 3.75. The zero-order valence-electron chi connectivity index (χ0n) is 11.5. The Bertz CT molecular complexity index is 702. The first-order chi connectivity index (χ1) is 10.1. The smallest absolute Gasteiger partial charge is 0.252 e. The number of hydrogen-bond donors (Lipinski definition) is 2. The summed E-state index contributed by atoms with van der Waals surface area (Å²) >= 11 is 1.56. The molecule has 1 heterocycles. The first-order valence-electron chi connectivity index (χ1n) is 6.92. The van der Waals surface area contributed by atoms with Crippen molar-refractivity contribution in [2.75, 3.05) is 0 Å². The van der Waals surface area contributed by atoms with Gasteiger partial charge in [-0.15, -0.1) is 11.3 Å². The van der Waals surface area contributed by atoms with Gasteiger partial charge in [-0.05, 0) is 61.1 Å². The summed E-state index contributed by atoms with van der Waals surface area (Å²) in [6.07, 6.45) is 5.88. The van der Waals surface area contributed by atoms with Gasteiger partial charge in [0.05, 0.1) is 5.56 Å². The highest BCUT2D eigenvalue weighted by atomic mass is 32.1. The number of carbonyl (C=O) groups excluding carboxylic acids is 1. The molecule has 4 nitrogen and oxygen atoms in total. The number of phenols is 1. The number of rotatable bonds is 3. The molecule has 3 N–H and O–H groups in total. The maximum absolute atomic E-state index is 11.7. The molecule has 0 aliphatic heterocycles. The van der Waals surface area contributed by atoms with E-state index in [4.69, 9.17) is 5.73 Å². The van der Waals surface area contributed by atoms with E-state index >= 15 is 0 Å². The average molecular weight is 300 g/mol. The highest BCUT2D eigenvalue weighted by molar-refractivity contribution is 7.16. The van der Waals surface area contributed by atoms with Gasteiger partial charge < -0.3 is 10.8 Å². The zero-order valence-corrected chi connectivity index (χ0v) is 12.3. The standard InChI is InChI=1S/C16H16N2O2S/c17-15(20)14-12-3-1-2-4-13(12)21-16(14)18-9-10-5-7-11(19)8-6-10/h5-9,19H,1-4H2,(H2,17,20)/b18-9+. The molecule has 21 heavy (non-hydrogen) atoms. The summed E-state index contributed by atoms with van der Waals surface area (Å²) in [5, 5.41) is 9.96. The van der Waals surface area contributed by atoms with Crippen LogP contribution in [0.1, 0.15) is 39.2 Å². The fraction of sp³-hybridized carbons (Fsp3) is 0.250. The SMILES string of the molecule is NC(=O)c1c(/N=C/c2ccc(O)cc2)sc2c1CCCC2. The Morgan fingerprint density at radius 3 is 2.67 bits per heavy atom. The van der Waals surface area contributed by atoms with E-state index in [1.165, 1.54) is 4.88 Å². The molecule has 2 aromatic rings. The fourth-order valence-corrected chi connectivity index (χ4v) is 3.83. The van der Waals surface area contributed by atoms with Gasteiger partial charge in [0.1, 0.15) is 10.8 Å². The molecule has 0 unspecified atom stereocenters. The molecule has 108 valence electrons. The van der Waals surface area contributed by atoms with Crippen LogP contribution in [0.15, 0.2) is 29.3 Å². The van der Waals surface area contributed by atoms with Crippen LogP contribution in [-0.2, 0) is 12.8 Å². The summed E-state index contributed by atoms with van der Waals surface area (Å²) in [4.78, 5) is 17.4. The maximum atomic E-state index is 11.7. The highest BCUT2D eigenvalue weighted by Crippen LogP contribution is 2.39. The molecular weight excluding hydrogens is 284 g/mol. The van der Waals surface area contributed by atoms with E-state index in [-0.39, 0.29) is 5.75 Å². The molecule has 0 atom stereocenters. The maximum Gasteiger partial charge on any atom is 0.252 e. The number of carbonyl (C=O) groups is 1. The van der Waals surface area contributed by atoms with Gasteiger partial charge in [-0.25, -0.2) is 4.99 Å². The van der Waals surface area contributed by atoms with Crippen LogP contribution >= 0.6 is 11.3 Å². The number of thiophene rings is 1. The molecule has 0 spiro atoms. The Morgan fingerprint density at radius 1 is 1.24 bits per heavy atom. The third-order valence-electron chi connectivity index (χ3n) is 3.62. The predicted molar refractivity (Wildman–Crippen MR) is 84.8 cm³/mol. The van der Waals surface area contributed by atoms with Crippen LogP contribution in [0.5, 0.6) is 5.75 Å². The van der Waals surface area contributed by atoms with Crippen molar-refractivity contribution in [3.8, 4) is 5.75 Å². The lowest BCUT2D eigenvalue weighted by Crippen LogP contribution is -2.14. The fourth-order valence-electron chi connectivity index (χ4n) is 2.59. The topological polar surface area (TPSA) is 75.7 Å². The normalized spacial score (nSPS) is 14.3. The van der Waals surface area contributed by atoms with Gasteiger partial charge in [-0.3, -0.25) is 4.79 Å². The molecule has 0 bridgehead atoms. The van der Waals surface area contributed by atoms with E-state index in [9.17, 15) is 9.90 Å². The number of aryl methyl sites for hydroxylation is 1. The summed E-state index contributed by atoms with van der Waals surface area (Å²) < 4.78 is 0. The van der Waals surface area contributed by atoms with Crippen molar-refractivity contribution in [1.82, 2.24) is 0 Å². The van der Waals surface area contributed by atoms with Crippen LogP contribution < -0.4 is 5.73 Å². The minimum atomic E-state index is -0.396. The molecule has 0 saturated heterocycles. The molecule has 5 heteroatoms. The second kappa shape index (κ2) is 5.69. The lowest BCUT2D eigenvalue weighted by atomic mass is 9.95. The number of aromatic hydroxyl groups is 1. The van der Waals surface area contributed by atoms with Gasteiger partial charge in [0, 0.05) is 11.1 Å². The second-order valence-electron chi connectivity index (χ2n) is 5.11. The van der Waals surface area contributed by atoms with E-state index in [2.05, 4.69) is 4.99 Å². The number of benzene rings is 1. The van der Waals surface area contributed by atoms with Crippen LogP contribution in [0.3, 0.4) is 0 Å². The molecule has 1 aliphatic carbocycles. The monoisotopic (exact) mass is 300 g/mol. The van der Waals surface area contributed by atoms with E-state index in [0.717, 1.165) is 36.8 Å². The second-order valence-corrected chi connectivity index (χ2v) is 6.19. The minimum absolute atomic E-state index is 0.219. The van der Waals surface area contributed by atoms with E-state index in [1.807, 2.05) is 0 Å². The van der Waals surface area contributed by atoms with Crippen LogP contribution in [-0.4, -0.2) is 17.2 Å². The largest absolute Gasteiger partial charge is 0.508 e. The number of nitrogens with zero attached hydrogens (tertiary/aromatic N) is 1. The van der Waals surface area contributed by atoms with E-state index in [1.54, 1.807) is 41.8 Å². The van der Waals surface area contributed by atoms with Crippen LogP contribution in [0.2, 0.25) is 0 Å². The molecule has 0 radical (unpaired) electrons. The lowest BCUT2D eigenvalue weighted by Gasteiger charge is -2.10. The van der Waals surface area contributed by atoms with E-state index in [0.29, 0.717) is 10.6 Å². The van der Waals surface area contributed by atoms with Crippen LogP contribution in [0, 0.1) is 0 Å².